The highest BCUT2D eigenvalue weighted by molar-refractivity contribution is 8.76. The molecule has 21 N–H and O–H groups in total. The van der Waals surface area contributed by atoms with E-state index in [2.05, 4.69) is 53.2 Å². The molecule has 476 valence electrons. The number of benzene rings is 2. The van der Waals surface area contributed by atoms with Gasteiger partial charge in [-0.15, -0.1) is 0 Å². The molecule has 33 heteroatoms. The Balaban J connectivity index is 1.80. The van der Waals surface area contributed by atoms with Crippen molar-refractivity contribution in [3.05, 3.63) is 65.7 Å². The highest BCUT2D eigenvalue weighted by Gasteiger charge is 2.41. The molecule has 0 saturated carbocycles. The molecule has 8 atom stereocenters. The van der Waals surface area contributed by atoms with Crippen LogP contribution in [0.5, 0.6) is 5.75 Å². The lowest BCUT2D eigenvalue weighted by Crippen LogP contribution is -2.99. The second kappa shape index (κ2) is 37.2. The van der Waals surface area contributed by atoms with Gasteiger partial charge >= 0.3 is 5.91 Å². The highest BCUT2D eigenvalue weighted by atomic mass is 33.1. The van der Waals surface area contributed by atoms with Gasteiger partial charge in [0.1, 0.15) is 42.0 Å². The molecule has 0 aromatic heterocycles. The van der Waals surface area contributed by atoms with Crippen molar-refractivity contribution in [2.45, 2.75) is 119 Å². The molecule has 2 saturated heterocycles. The number of hydrogen-bond acceptors (Lipinski definition) is 19. The minimum Gasteiger partial charge on any atom is -0.508 e. The van der Waals surface area contributed by atoms with Gasteiger partial charge in [0.15, 0.2) is 12.1 Å². The fourth-order valence-corrected chi connectivity index (χ4v) is 11.3. The zero-order valence-corrected chi connectivity index (χ0v) is 49.7. The maximum atomic E-state index is 14.9. The van der Waals surface area contributed by atoms with E-state index in [0.717, 1.165) is 31.8 Å². The summed E-state index contributed by atoms with van der Waals surface area (Å²) in [7, 11) is 1.79. The van der Waals surface area contributed by atoms with Crippen LogP contribution < -0.4 is 81.4 Å². The van der Waals surface area contributed by atoms with E-state index in [1.54, 1.807) is 37.3 Å². The number of phenolic OH excluding ortho intramolecular Hbond substituents is 1. The van der Waals surface area contributed by atoms with Crippen LogP contribution in [0.2, 0.25) is 0 Å². The van der Waals surface area contributed by atoms with Crippen molar-refractivity contribution >= 4 is 104 Å². The molecule has 8 unspecified atom stereocenters. The average Bonchev–Trinajstić information content (AvgIpc) is 2.85. The quantitative estimate of drug-likeness (QED) is 0.0292. The Labute approximate surface area is 509 Å². The molecule has 14 amide bonds. The number of hydrogen-bond donors (Lipinski definition) is 16. The number of aromatic hydroxyl groups is 1. The van der Waals surface area contributed by atoms with Gasteiger partial charge in [0.25, 0.3) is 5.91 Å². The van der Waals surface area contributed by atoms with Gasteiger partial charge in [-0.05, 0) is 74.9 Å². The third-order valence-corrected chi connectivity index (χ3v) is 15.9. The number of phenols is 1. The van der Waals surface area contributed by atoms with Crippen molar-refractivity contribution in [2.75, 3.05) is 57.3 Å². The number of carbonyl (C=O) groups is 14. The lowest BCUT2D eigenvalue weighted by Gasteiger charge is -2.31. The number of carbonyl (C=O) groups excluding carboxylic acids is 14. The number of primary amides is 4. The summed E-state index contributed by atoms with van der Waals surface area (Å²) in [5, 5.41) is 36.4. The number of nitrogens with zero attached hydrogens (tertiary/aromatic N) is 1. The van der Waals surface area contributed by atoms with Crippen LogP contribution in [0.4, 0.5) is 0 Å². The second-order valence-corrected chi connectivity index (χ2v) is 23.0. The van der Waals surface area contributed by atoms with Crippen LogP contribution in [0.1, 0.15) is 69.4 Å². The molecule has 2 aromatic rings. The topological polar surface area (TPSA) is 503 Å². The molecule has 2 aliphatic heterocycles. The standard InChI is InChI=1S/C54H78N16O15S2/c1-2-59-25-44(75)60-26-45(76)61-27-46(77)63-38-28-86-87-29-39(54(85)70-20-8-12-40(70)53(84)65-33(11-6-7-19-55)47(78)62-24-43(58)74)69-51(82)37(23-42(57)73)68-48(79)34(17-18-41(56)72)64-49(80)35(21-30-9-4-3-5-10-30)66-50(81)36(67-52(38)83)22-31-13-15-32(71)16-14-31/h3-5,9-10,13-16,33-40,59,71H,2,6-8,11-12,17-29,55H2,1H3,(H2,56,72)(H2,57,73)(H2,58,74)(H,60,75)(H,61,76)(H,62,78)(H,63,77)(H,64,80)(H,65,84)(H,66,81)(H,67,83)(H,68,79)(H,69,82)/p+1. The smallest absolute Gasteiger partial charge is 0.334 e. The van der Waals surface area contributed by atoms with E-state index >= 15 is 0 Å². The van der Waals surface area contributed by atoms with E-state index in [-0.39, 0.29) is 69.0 Å². The Morgan fingerprint density at radius 2 is 1.31 bits per heavy atom. The molecular formula is C54H79N16O15S2+. The lowest BCUT2D eigenvalue weighted by molar-refractivity contribution is -0.593. The summed E-state index contributed by atoms with van der Waals surface area (Å²) in [6, 6.07) is 1.88. The summed E-state index contributed by atoms with van der Waals surface area (Å²) >= 11 is 0. The van der Waals surface area contributed by atoms with E-state index in [4.69, 9.17) is 22.9 Å². The summed E-state index contributed by atoms with van der Waals surface area (Å²) in [5.41, 5.74) is 22.9. The first-order valence-electron chi connectivity index (χ1n) is 28.1. The number of amides is 14. The molecular weight excluding hydrogens is 1180 g/mol. The number of likely N-dealkylation sites (tertiary alicyclic amines) is 1. The van der Waals surface area contributed by atoms with Crippen molar-refractivity contribution < 1.29 is 77.5 Å². The van der Waals surface area contributed by atoms with Gasteiger partial charge in [-0.25, -0.2) is 4.79 Å². The van der Waals surface area contributed by atoms with E-state index < -0.39 is 170 Å². The Kier molecular flexibility index (Phi) is 30.4. The highest BCUT2D eigenvalue weighted by Crippen LogP contribution is 2.26. The van der Waals surface area contributed by atoms with Crippen molar-refractivity contribution in [1.29, 1.82) is 0 Å². The van der Waals surface area contributed by atoms with Crippen molar-refractivity contribution in [1.82, 2.24) is 58.1 Å². The van der Waals surface area contributed by atoms with Crippen LogP contribution in [-0.4, -0.2) is 198 Å². The first kappa shape index (κ1) is 71.1. The van der Waals surface area contributed by atoms with Crippen molar-refractivity contribution in [2.24, 2.45) is 22.9 Å². The normalized spacial score (nSPS) is 21.1. The molecule has 2 fully saturated rings. The first-order chi connectivity index (χ1) is 41.5. The Morgan fingerprint density at radius 1 is 0.690 bits per heavy atom. The van der Waals surface area contributed by atoms with Crippen LogP contribution >= 0.6 is 21.6 Å². The van der Waals surface area contributed by atoms with Gasteiger partial charge < -0.3 is 86.1 Å². The number of unbranched alkanes of at least 4 members (excludes halogenated alkanes) is 1. The molecule has 4 rings (SSSR count). The van der Waals surface area contributed by atoms with Gasteiger partial charge in [-0.1, -0.05) is 71.0 Å². The first-order valence-corrected chi connectivity index (χ1v) is 30.6. The Morgan fingerprint density at radius 3 is 1.97 bits per heavy atom. The van der Waals surface area contributed by atoms with Gasteiger partial charge in [0.2, 0.25) is 70.9 Å². The average molecular weight is 1260 g/mol. The van der Waals surface area contributed by atoms with Crippen LogP contribution in [0, 0.1) is 0 Å². The predicted octanol–water partition coefficient (Wildman–Crippen LogP) is -7.36. The van der Waals surface area contributed by atoms with Gasteiger partial charge in [0.05, 0.1) is 32.6 Å². The monoisotopic (exact) mass is 1260 g/mol. The van der Waals surface area contributed by atoms with Gasteiger partial charge in [-0.2, -0.15) is 0 Å². The number of quaternary nitrogens is 1. The minimum atomic E-state index is -1.87. The molecule has 0 bridgehead atoms. The number of likely N-dealkylation sites (N-methyl/N-ethyl adjacent to an activating group) is 1. The Bertz CT molecular complexity index is 2770. The van der Waals surface area contributed by atoms with E-state index in [1.807, 2.05) is 0 Å². The molecule has 2 heterocycles. The van der Waals surface area contributed by atoms with Gasteiger partial charge in [0, 0.05) is 37.3 Å². The fourth-order valence-electron chi connectivity index (χ4n) is 8.95. The van der Waals surface area contributed by atoms with Crippen LogP contribution in [0.3, 0.4) is 0 Å². The second-order valence-electron chi connectivity index (χ2n) is 20.4. The van der Waals surface area contributed by atoms with Crippen molar-refractivity contribution in [3.8, 4) is 5.75 Å². The fraction of sp³-hybridized carbons (Fsp3) is 0.519. The van der Waals surface area contributed by atoms with E-state index in [1.165, 1.54) is 24.3 Å². The largest absolute Gasteiger partial charge is 0.508 e. The minimum absolute atomic E-state index is 0.0446. The number of rotatable bonds is 27. The molecule has 87 heavy (non-hydrogen) atoms. The molecule has 0 spiro atoms. The maximum absolute atomic E-state index is 14.9. The number of nitrogens with one attached hydrogen (secondary N) is 10. The SMILES string of the molecule is CCNCC(=O)NCC(=O)NCC(=O)NC1CSSCC(C(=O)N2CCCC2C(=O)NC(CCCCN)C(=O)NCC(N)=O)NC(=O)C(CC(N)=O)NC(=O)C(CCC(N)=O)NC(=O)C(Cc2ccccc2)NC(=O)C(Cc2ccc(O)cc2)[NH2+]C1=O. The summed E-state index contributed by atoms with van der Waals surface area (Å²) < 4.78 is 0. The van der Waals surface area contributed by atoms with Crippen LogP contribution in [0.25, 0.3) is 0 Å². The molecule has 31 nitrogen and oxygen atoms in total. The zero-order chi connectivity index (χ0) is 64.0. The Hall–Kier alpha value is -8.40. The summed E-state index contributed by atoms with van der Waals surface area (Å²) in [4.78, 5) is 191. The van der Waals surface area contributed by atoms with E-state index in [0.29, 0.717) is 30.5 Å². The maximum Gasteiger partial charge on any atom is 0.334 e. The summed E-state index contributed by atoms with van der Waals surface area (Å²) in [5.74, 6) is -13.2. The third kappa shape index (κ3) is 25.6. The zero-order valence-electron chi connectivity index (χ0n) is 48.1. The third-order valence-electron chi connectivity index (χ3n) is 13.5. The molecule has 0 radical (unpaired) electrons. The molecule has 0 aliphatic carbocycles. The molecule has 2 aromatic carbocycles. The van der Waals surface area contributed by atoms with Crippen molar-refractivity contribution in [3.63, 3.8) is 0 Å². The summed E-state index contributed by atoms with van der Waals surface area (Å²) in [6.07, 6.45) is -1.00. The predicted molar refractivity (Wildman–Crippen MR) is 316 cm³/mol. The lowest BCUT2D eigenvalue weighted by atomic mass is 10.0. The van der Waals surface area contributed by atoms with Gasteiger partial charge in [-0.3, -0.25) is 67.6 Å². The number of nitrogens with two attached hydrogens (primary N) is 5. The van der Waals surface area contributed by atoms with Crippen LogP contribution in [0.15, 0.2) is 54.6 Å². The van der Waals surface area contributed by atoms with E-state index in [9.17, 15) is 72.2 Å². The van der Waals surface area contributed by atoms with Crippen LogP contribution in [-0.2, 0) is 80.0 Å². The molecule has 2 aliphatic rings. The summed E-state index contributed by atoms with van der Waals surface area (Å²) in [6.45, 7) is 0.703.